The highest BCUT2D eigenvalue weighted by Crippen LogP contribution is 2.36. The molecule has 4 heteroatoms. The van der Waals surface area contributed by atoms with Gasteiger partial charge in [-0.05, 0) is 56.4 Å². The number of nitrogens with zero attached hydrogens (tertiary/aromatic N) is 1. The van der Waals surface area contributed by atoms with Gasteiger partial charge in [0.25, 0.3) is 0 Å². The number of rotatable bonds is 2. The molecule has 0 bridgehead atoms. The van der Waals surface area contributed by atoms with E-state index in [0.29, 0.717) is 16.9 Å². The smallest absolute Gasteiger partial charge is 0.336 e. The zero-order valence-corrected chi connectivity index (χ0v) is 12.3. The molecule has 1 saturated heterocycles. The van der Waals surface area contributed by atoms with Crippen molar-refractivity contribution >= 4 is 16.9 Å². The van der Waals surface area contributed by atoms with Gasteiger partial charge >= 0.3 is 5.97 Å². The van der Waals surface area contributed by atoms with E-state index in [4.69, 9.17) is 4.74 Å². The number of aromatic nitrogens is 1. The van der Waals surface area contributed by atoms with Gasteiger partial charge in [0.2, 0.25) is 0 Å². The largest absolute Gasteiger partial charge is 0.478 e. The molecule has 1 N–H and O–H groups in total. The van der Waals surface area contributed by atoms with Crippen LogP contribution in [0.1, 0.15) is 48.5 Å². The Balaban J connectivity index is 2.04. The lowest BCUT2D eigenvalue weighted by atomic mass is 9.83. The summed E-state index contributed by atoms with van der Waals surface area (Å²) in [5, 5.41) is 10.0. The number of carboxylic acids is 1. The minimum Gasteiger partial charge on any atom is -0.478 e. The lowest BCUT2D eigenvalue weighted by Gasteiger charge is -2.35. The molecule has 1 atom stereocenters. The molecular formula is C17H19NO3. The van der Waals surface area contributed by atoms with Crippen molar-refractivity contribution in [1.29, 1.82) is 0 Å². The molecule has 0 spiro atoms. The number of fused-ring (bicyclic) bond motifs is 1. The molecular weight excluding hydrogens is 266 g/mol. The van der Waals surface area contributed by atoms with Gasteiger partial charge < -0.3 is 9.84 Å². The van der Waals surface area contributed by atoms with Gasteiger partial charge in [-0.25, -0.2) is 4.79 Å². The van der Waals surface area contributed by atoms with Crippen LogP contribution in [-0.2, 0) is 4.74 Å². The summed E-state index contributed by atoms with van der Waals surface area (Å²) in [6.07, 6.45) is 3.46. The van der Waals surface area contributed by atoms with Crippen LogP contribution in [0.4, 0.5) is 0 Å². The van der Waals surface area contributed by atoms with E-state index in [1.54, 1.807) is 12.3 Å². The minimum absolute atomic E-state index is 0.123. The zero-order chi connectivity index (χ0) is 15.0. The minimum atomic E-state index is -0.910. The van der Waals surface area contributed by atoms with Gasteiger partial charge in [-0.15, -0.1) is 0 Å². The van der Waals surface area contributed by atoms with E-state index in [9.17, 15) is 9.90 Å². The Labute approximate surface area is 123 Å². The third kappa shape index (κ3) is 2.76. The number of aromatic carboxylic acids is 1. The van der Waals surface area contributed by atoms with Crippen molar-refractivity contribution < 1.29 is 14.6 Å². The van der Waals surface area contributed by atoms with Gasteiger partial charge in [-0.3, -0.25) is 4.98 Å². The molecule has 110 valence electrons. The van der Waals surface area contributed by atoms with Crippen LogP contribution in [0, 0.1) is 0 Å². The summed E-state index contributed by atoms with van der Waals surface area (Å²) in [4.78, 5) is 15.6. The Morgan fingerprint density at radius 1 is 1.38 bits per heavy atom. The number of pyridine rings is 1. The number of carbonyl (C=O) groups is 1. The molecule has 1 aliphatic heterocycles. The average Bonchev–Trinajstić information content (AvgIpc) is 2.44. The molecule has 0 aliphatic carbocycles. The van der Waals surface area contributed by atoms with Crippen molar-refractivity contribution in [3.8, 4) is 0 Å². The normalized spacial score (nSPS) is 21.3. The molecule has 1 fully saturated rings. The first kappa shape index (κ1) is 14.0. The second-order valence-electron chi connectivity index (χ2n) is 6.24. The number of benzene rings is 1. The Morgan fingerprint density at radius 2 is 2.19 bits per heavy atom. The molecule has 3 rings (SSSR count). The molecule has 21 heavy (non-hydrogen) atoms. The second kappa shape index (κ2) is 5.11. The fourth-order valence-electron chi connectivity index (χ4n) is 3.12. The van der Waals surface area contributed by atoms with Gasteiger partial charge in [0, 0.05) is 18.2 Å². The maximum Gasteiger partial charge on any atom is 0.336 e. The van der Waals surface area contributed by atoms with Crippen molar-refractivity contribution in [3.05, 3.63) is 41.6 Å². The van der Waals surface area contributed by atoms with Crippen molar-refractivity contribution in [3.63, 3.8) is 0 Å². The number of hydrogen-bond acceptors (Lipinski definition) is 3. The van der Waals surface area contributed by atoms with Crippen molar-refractivity contribution in [2.45, 2.75) is 38.2 Å². The Bertz CT molecular complexity index is 693. The third-order valence-corrected chi connectivity index (χ3v) is 4.16. The summed E-state index contributed by atoms with van der Waals surface area (Å²) in [7, 11) is 0. The first-order valence-corrected chi connectivity index (χ1v) is 7.22. The maximum absolute atomic E-state index is 11.4. The highest BCUT2D eigenvalue weighted by molar-refractivity contribution is 6.02. The van der Waals surface area contributed by atoms with Crippen LogP contribution in [0.25, 0.3) is 10.9 Å². The predicted octanol–water partition coefficient (Wildman–Crippen LogP) is 3.61. The Morgan fingerprint density at radius 3 is 2.90 bits per heavy atom. The van der Waals surface area contributed by atoms with Gasteiger partial charge in [0.15, 0.2) is 0 Å². The second-order valence-corrected chi connectivity index (χ2v) is 6.24. The molecule has 0 saturated carbocycles. The standard InChI is InChI=1S/C17H19NO3/c1-17(2)10-12(6-8-21-17)11-3-4-15-14(9-11)13(16(19)20)5-7-18-15/h3-5,7,9,12H,6,8,10H2,1-2H3,(H,19,20)/t12-/m1/s1. The van der Waals surface area contributed by atoms with Crippen LogP contribution >= 0.6 is 0 Å². The number of hydrogen-bond donors (Lipinski definition) is 1. The quantitative estimate of drug-likeness (QED) is 0.915. The van der Waals surface area contributed by atoms with Crippen LogP contribution in [0.5, 0.6) is 0 Å². The molecule has 2 heterocycles. The Kier molecular flexibility index (Phi) is 3.41. The van der Waals surface area contributed by atoms with E-state index >= 15 is 0 Å². The lowest BCUT2D eigenvalue weighted by molar-refractivity contribution is -0.0592. The molecule has 1 aromatic heterocycles. The van der Waals surface area contributed by atoms with Gasteiger partial charge in [0.1, 0.15) is 0 Å². The van der Waals surface area contributed by atoms with E-state index in [-0.39, 0.29) is 5.60 Å². The summed E-state index contributed by atoms with van der Waals surface area (Å²) < 4.78 is 5.76. The van der Waals surface area contributed by atoms with Gasteiger partial charge in [-0.2, -0.15) is 0 Å². The summed E-state index contributed by atoms with van der Waals surface area (Å²) >= 11 is 0. The highest BCUT2D eigenvalue weighted by Gasteiger charge is 2.29. The van der Waals surface area contributed by atoms with E-state index in [1.165, 1.54) is 5.56 Å². The van der Waals surface area contributed by atoms with Gasteiger partial charge in [0.05, 0.1) is 16.7 Å². The van der Waals surface area contributed by atoms with Crippen molar-refractivity contribution in [2.24, 2.45) is 0 Å². The summed E-state index contributed by atoms with van der Waals surface area (Å²) in [5.41, 5.74) is 2.09. The van der Waals surface area contributed by atoms with Gasteiger partial charge in [-0.1, -0.05) is 6.07 Å². The van der Waals surface area contributed by atoms with Crippen LogP contribution in [0.15, 0.2) is 30.5 Å². The number of carboxylic acid groups (broad SMARTS) is 1. The fraction of sp³-hybridized carbons (Fsp3) is 0.412. The van der Waals surface area contributed by atoms with E-state index in [1.807, 2.05) is 12.1 Å². The molecule has 0 radical (unpaired) electrons. The first-order chi connectivity index (χ1) is 9.96. The van der Waals surface area contributed by atoms with Crippen LogP contribution in [-0.4, -0.2) is 28.3 Å². The number of ether oxygens (including phenoxy) is 1. The van der Waals surface area contributed by atoms with Crippen molar-refractivity contribution in [1.82, 2.24) is 4.98 Å². The summed E-state index contributed by atoms with van der Waals surface area (Å²) in [6.45, 7) is 4.95. The van der Waals surface area contributed by atoms with Crippen LogP contribution in [0.3, 0.4) is 0 Å². The maximum atomic E-state index is 11.4. The molecule has 2 aromatic rings. The summed E-state index contributed by atoms with van der Waals surface area (Å²) in [6, 6.07) is 7.52. The first-order valence-electron chi connectivity index (χ1n) is 7.22. The molecule has 1 aromatic carbocycles. The predicted molar refractivity (Wildman–Crippen MR) is 80.7 cm³/mol. The summed E-state index contributed by atoms with van der Waals surface area (Å²) in [5.74, 6) is -0.508. The lowest BCUT2D eigenvalue weighted by Crippen LogP contribution is -2.32. The van der Waals surface area contributed by atoms with E-state index in [2.05, 4.69) is 24.9 Å². The third-order valence-electron chi connectivity index (χ3n) is 4.16. The fourth-order valence-corrected chi connectivity index (χ4v) is 3.12. The Hall–Kier alpha value is -1.94. The average molecular weight is 285 g/mol. The SMILES string of the molecule is CC1(C)C[C@H](c2ccc3nccc(C(=O)O)c3c2)CCO1. The monoisotopic (exact) mass is 285 g/mol. The molecule has 1 aliphatic rings. The van der Waals surface area contributed by atoms with E-state index < -0.39 is 5.97 Å². The van der Waals surface area contributed by atoms with Crippen molar-refractivity contribution in [2.75, 3.05) is 6.61 Å². The zero-order valence-electron chi connectivity index (χ0n) is 12.3. The molecule has 0 amide bonds. The molecule has 4 nitrogen and oxygen atoms in total. The van der Waals surface area contributed by atoms with Crippen LogP contribution in [0.2, 0.25) is 0 Å². The van der Waals surface area contributed by atoms with E-state index in [0.717, 1.165) is 25.0 Å². The van der Waals surface area contributed by atoms with Crippen LogP contribution < -0.4 is 0 Å². The highest BCUT2D eigenvalue weighted by atomic mass is 16.5. The topological polar surface area (TPSA) is 59.4 Å². The molecule has 0 unspecified atom stereocenters.